The molecule has 0 aromatic heterocycles. The van der Waals surface area contributed by atoms with Gasteiger partial charge in [-0.25, -0.2) is 0 Å². The number of aryl methyl sites for hydroxylation is 1. The minimum absolute atomic E-state index is 0.133. The summed E-state index contributed by atoms with van der Waals surface area (Å²) in [6.45, 7) is 2.06. The van der Waals surface area contributed by atoms with Crippen LogP contribution in [0.1, 0.15) is 12.0 Å². The summed E-state index contributed by atoms with van der Waals surface area (Å²) in [5.41, 5.74) is 6.69. The van der Waals surface area contributed by atoms with Crippen LogP contribution in [-0.4, -0.2) is 54.3 Å². The second-order valence-corrected chi connectivity index (χ2v) is 5.03. The van der Waals surface area contributed by atoms with E-state index in [-0.39, 0.29) is 11.8 Å². The lowest BCUT2D eigenvalue weighted by Gasteiger charge is -2.32. The standard InChI is InChI=1S/C15H21N3O2/c16-8-10-18-14(19)11-17(12-15(18)20)9-4-7-13-5-2-1-3-6-13/h1-3,5-6H,4,7-12,16H2. The number of imide groups is 1. The average Bonchev–Trinajstić information content (AvgIpc) is 2.44. The lowest BCUT2D eigenvalue weighted by molar-refractivity contribution is -0.151. The first-order valence-electron chi connectivity index (χ1n) is 7.00. The molecular weight excluding hydrogens is 254 g/mol. The summed E-state index contributed by atoms with van der Waals surface area (Å²) < 4.78 is 0. The Morgan fingerprint density at radius 2 is 1.65 bits per heavy atom. The Kier molecular flexibility index (Phi) is 5.26. The Labute approximate surface area is 119 Å². The minimum Gasteiger partial charge on any atom is -0.329 e. The van der Waals surface area contributed by atoms with Crippen molar-refractivity contribution in [1.29, 1.82) is 0 Å². The molecule has 1 aromatic rings. The summed E-state index contributed by atoms with van der Waals surface area (Å²) in [6.07, 6.45) is 1.91. The van der Waals surface area contributed by atoms with Crippen molar-refractivity contribution < 1.29 is 9.59 Å². The van der Waals surface area contributed by atoms with Gasteiger partial charge in [0.05, 0.1) is 13.1 Å². The van der Waals surface area contributed by atoms with Crippen LogP contribution in [0.5, 0.6) is 0 Å². The first-order chi connectivity index (χ1) is 9.70. The average molecular weight is 275 g/mol. The Bertz CT molecular complexity index is 443. The highest BCUT2D eigenvalue weighted by atomic mass is 16.2. The van der Waals surface area contributed by atoms with Crippen LogP contribution >= 0.6 is 0 Å². The van der Waals surface area contributed by atoms with E-state index in [2.05, 4.69) is 12.1 Å². The van der Waals surface area contributed by atoms with Crippen molar-refractivity contribution in [3.63, 3.8) is 0 Å². The van der Waals surface area contributed by atoms with Crippen molar-refractivity contribution in [2.24, 2.45) is 5.73 Å². The zero-order valence-electron chi connectivity index (χ0n) is 11.6. The highest BCUT2D eigenvalue weighted by Crippen LogP contribution is 2.08. The molecule has 108 valence electrons. The molecule has 2 N–H and O–H groups in total. The van der Waals surface area contributed by atoms with Gasteiger partial charge >= 0.3 is 0 Å². The molecule has 1 fully saturated rings. The van der Waals surface area contributed by atoms with Crippen LogP contribution in [0.4, 0.5) is 0 Å². The van der Waals surface area contributed by atoms with Crippen LogP contribution in [0, 0.1) is 0 Å². The van der Waals surface area contributed by atoms with Gasteiger partial charge in [-0.1, -0.05) is 30.3 Å². The van der Waals surface area contributed by atoms with Gasteiger partial charge in [0.25, 0.3) is 0 Å². The number of amides is 2. The highest BCUT2D eigenvalue weighted by Gasteiger charge is 2.29. The fraction of sp³-hybridized carbons (Fsp3) is 0.467. The SMILES string of the molecule is NCCN1C(=O)CN(CCCc2ccccc2)CC1=O. The quantitative estimate of drug-likeness (QED) is 0.756. The van der Waals surface area contributed by atoms with Crippen molar-refractivity contribution in [2.45, 2.75) is 12.8 Å². The molecule has 20 heavy (non-hydrogen) atoms. The second kappa shape index (κ2) is 7.17. The van der Waals surface area contributed by atoms with E-state index in [9.17, 15) is 9.59 Å². The molecule has 0 spiro atoms. The monoisotopic (exact) mass is 275 g/mol. The van der Waals surface area contributed by atoms with E-state index in [1.807, 2.05) is 23.1 Å². The number of benzene rings is 1. The predicted octanol–water partition coefficient (Wildman–Crippen LogP) is 0.249. The van der Waals surface area contributed by atoms with Gasteiger partial charge in [-0.15, -0.1) is 0 Å². The van der Waals surface area contributed by atoms with Crippen LogP contribution in [0.3, 0.4) is 0 Å². The fourth-order valence-corrected chi connectivity index (χ4v) is 2.44. The summed E-state index contributed by atoms with van der Waals surface area (Å²) in [7, 11) is 0. The molecule has 1 aromatic carbocycles. The van der Waals surface area contributed by atoms with E-state index in [0.717, 1.165) is 19.4 Å². The van der Waals surface area contributed by atoms with Gasteiger partial charge in [0.2, 0.25) is 11.8 Å². The molecule has 2 rings (SSSR count). The van der Waals surface area contributed by atoms with Crippen molar-refractivity contribution in [1.82, 2.24) is 9.80 Å². The smallest absolute Gasteiger partial charge is 0.243 e. The van der Waals surface area contributed by atoms with Gasteiger partial charge in [0.15, 0.2) is 0 Å². The number of carbonyl (C=O) groups is 2. The number of hydrogen-bond donors (Lipinski definition) is 1. The summed E-state index contributed by atoms with van der Waals surface area (Å²) in [4.78, 5) is 26.9. The molecule has 0 atom stereocenters. The molecule has 1 heterocycles. The Hall–Kier alpha value is -1.72. The van der Waals surface area contributed by atoms with Gasteiger partial charge in [0.1, 0.15) is 0 Å². The summed E-state index contributed by atoms with van der Waals surface area (Å²) >= 11 is 0. The molecular formula is C15H21N3O2. The second-order valence-electron chi connectivity index (χ2n) is 5.03. The lowest BCUT2D eigenvalue weighted by Crippen LogP contribution is -2.55. The summed E-state index contributed by atoms with van der Waals surface area (Å²) in [6, 6.07) is 10.2. The Morgan fingerprint density at radius 3 is 2.25 bits per heavy atom. The van der Waals surface area contributed by atoms with Crippen molar-refractivity contribution in [3.8, 4) is 0 Å². The van der Waals surface area contributed by atoms with Crippen molar-refractivity contribution >= 4 is 11.8 Å². The molecule has 1 aliphatic rings. The molecule has 0 bridgehead atoms. The molecule has 5 nitrogen and oxygen atoms in total. The third-order valence-corrected chi connectivity index (χ3v) is 3.46. The Balaban J connectivity index is 1.78. The number of piperazine rings is 1. The molecule has 0 unspecified atom stereocenters. The molecule has 1 aliphatic heterocycles. The third-order valence-electron chi connectivity index (χ3n) is 3.46. The van der Waals surface area contributed by atoms with E-state index < -0.39 is 0 Å². The normalized spacial score (nSPS) is 16.8. The van der Waals surface area contributed by atoms with Crippen LogP contribution in [0.15, 0.2) is 30.3 Å². The van der Waals surface area contributed by atoms with E-state index in [4.69, 9.17) is 5.73 Å². The Morgan fingerprint density at radius 1 is 1.00 bits per heavy atom. The van der Waals surface area contributed by atoms with Gasteiger partial charge < -0.3 is 5.73 Å². The maximum atomic E-state index is 11.8. The number of rotatable bonds is 6. The number of carbonyl (C=O) groups excluding carboxylic acids is 2. The fourth-order valence-electron chi connectivity index (χ4n) is 2.44. The maximum Gasteiger partial charge on any atom is 0.243 e. The molecule has 1 saturated heterocycles. The highest BCUT2D eigenvalue weighted by molar-refractivity contribution is 5.99. The molecule has 0 radical (unpaired) electrons. The number of nitrogens with two attached hydrogens (primary N) is 1. The van der Waals surface area contributed by atoms with E-state index in [1.54, 1.807) is 0 Å². The van der Waals surface area contributed by atoms with E-state index in [0.29, 0.717) is 26.2 Å². The van der Waals surface area contributed by atoms with Crippen LogP contribution in [-0.2, 0) is 16.0 Å². The van der Waals surface area contributed by atoms with Crippen molar-refractivity contribution in [2.75, 3.05) is 32.7 Å². The molecule has 0 aliphatic carbocycles. The zero-order valence-corrected chi connectivity index (χ0v) is 11.6. The number of nitrogens with zero attached hydrogens (tertiary/aromatic N) is 2. The lowest BCUT2D eigenvalue weighted by atomic mass is 10.1. The molecule has 2 amide bonds. The van der Waals surface area contributed by atoms with Gasteiger partial charge in [-0.05, 0) is 24.9 Å². The van der Waals surface area contributed by atoms with Gasteiger partial charge in [-0.2, -0.15) is 0 Å². The largest absolute Gasteiger partial charge is 0.329 e. The number of hydrogen-bond acceptors (Lipinski definition) is 4. The summed E-state index contributed by atoms with van der Waals surface area (Å²) in [5.74, 6) is -0.266. The van der Waals surface area contributed by atoms with Crippen molar-refractivity contribution in [3.05, 3.63) is 35.9 Å². The third kappa shape index (κ3) is 3.88. The van der Waals surface area contributed by atoms with Gasteiger partial charge in [-0.3, -0.25) is 19.4 Å². The topological polar surface area (TPSA) is 66.6 Å². The predicted molar refractivity (Wildman–Crippen MR) is 77.0 cm³/mol. The van der Waals surface area contributed by atoms with Gasteiger partial charge in [0, 0.05) is 13.1 Å². The minimum atomic E-state index is -0.133. The van der Waals surface area contributed by atoms with Crippen LogP contribution < -0.4 is 5.73 Å². The molecule has 5 heteroatoms. The first-order valence-corrected chi connectivity index (χ1v) is 7.00. The first kappa shape index (κ1) is 14.7. The molecule has 0 saturated carbocycles. The van der Waals surface area contributed by atoms with E-state index >= 15 is 0 Å². The maximum absolute atomic E-state index is 11.8. The zero-order chi connectivity index (χ0) is 14.4. The summed E-state index contributed by atoms with van der Waals surface area (Å²) in [5, 5.41) is 0. The van der Waals surface area contributed by atoms with E-state index in [1.165, 1.54) is 10.5 Å². The van der Waals surface area contributed by atoms with Crippen LogP contribution in [0.25, 0.3) is 0 Å². The van der Waals surface area contributed by atoms with Crippen LogP contribution in [0.2, 0.25) is 0 Å².